The first-order chi connectivity index (χ1) is 13.0. The molecule has 1 aliphatic carbocycles. The molecule has 0 spiro atoms. The van der Waals surface area contributed by atoms with Gasteiger partial charge in [0.2, 0.25) is 0 Å². The maximum Gasteiger partial charge on any atom is 0.0419 e. The lowest BCUT2D eigenvalue weighted by Crippen LogP contribution is -2.46. The number of hydrogen-bond donors (Lipinski definition) is 0. The van der Waals surface area contributed by atoms with E-state index < -0.39 is 0 Å². The van der Waals surface area contributed by atoms with Crippen molar-refractivity contribution < 1.29 is 0 Å². The lowest BCUT2D eigenvalue weighted by Gasteiger charge is -2.47. The number of halogens is 2. The summed E-state index contributed by atoms with van der Waals surface area (Å²) in [6.07, 6.45) is 5.19. The summed E-state index contributed by atoms with van der Waals surface area (Å²) >= 11 is 12.6. The molecule has 1 saturated carbocycles. The Bertz CT molecular complexity index is 772. The maximum atomic E-state index is 6.37. The number of likely N-dealkylation sites (tertiary alicyclic amines) is 1. The first-order valence-corrected chi connectivity index (χ1v) is 11.0. The summed E-state index contributed by atoms with van der Waals surface area (Å²) in [7, 11) is 0. The van der Waals surface area contributed by atoms with E-state index in [2.05, 4.69) is 49.1 Å². The van der Waals surface area contributed by atoms with Crippen LogP contribution in [0.2, 0.25) is 10.0 Å². The molecule has 1 heterocycles. The smallest absolute Gasteiger partial charge is 0.0419 e. The lowest BCUT2D eigenvalue weighted by atomic mass is 9.76. The van der Waals surface area contributed by atoms with Crippen molar-refractivity contribution in [2.75, 3.05) is 6.54 Å². The third kappa shape index (κ3) is 4.21. The Morgan fingerprint density at radius 3 is 2.26 bits per heavy atom. The third-order valence-electron chi connectivity index (χ3n) is 6.54. The monoisotopic (exact) mass is 401 g/mol. The van der Waals surface area contributed by atoms with Crippen LogP contribution in [0.25, 0.3) is 0 Å². The molecule has 1 aliphatic heterocycles. The van der Waals surface area contributed by atoms with Crippen molar-refractivity contribution in [3.8, 4) is 0 Å². The second-order valence-corrected chi connectivity index (χ2v) is 9.64. The molecule has 4 rings (SSSR count). The molecule has 2 fully saturated rings. The van der Waals surface area contributed by atoms with Gasteiger partial charge in [-0.25, -0.2) is 0 Å². The Morgan fingerprint density at radius 1 is 0.815 bits per heavy atom. The van der Waals surface area contributed by atoms with E-state index in [1.165, 1.54) is 43.4 Å². The summed E-state index contributed by atoms with van der Waals surface area (Å²) in [6, 6.07) is 18.1. The summed E-state index contributed by atoms with van der Waals surface area (Å²) in [6.45, 7) is 5.99. The van der Waals surface area contributed by atoms with Crippen LogP contribution in [0.5, 0.6) is 0 Å². The van der Waals surface area contributed by atoms with E-state index in [0.29, 0.717) is 23.9 Å². The van der Waals surface area contributed by atoms with Crippen LogP contribution >= 0.6 is 23.2 Å². The van der Waals surface area contributed by atoms with Crippen molar-refractivity contribution in [3.63, 3.8) is 0 Å². The number of nitrogens with zero attached hydrogens (tertiary/aromatic N) is 1. The highest BCUT2D eigenvalue weighted by Gasteiger charge is 2.41. The minimum Gasteiger partial charge on any atom is -0.293 e. The van der Waals surface area contributed by atoms with Crippen molar-refractivity contribution >= 4 is 23.2 Å². The number of benzene rings is 2. The Hall–Kier alpha value is -1.02. The van der Waals surface area contributed by atoms with Gasteiger partial charge in [-0.1, -0.05) is 61.3 Å². The van der Waals surface area contributed by atoms with Gasteiger partial charge in [0.15, 0.2) is 0 Å². The fraction of sp³-hybridized carbons (Fsp3) is 0.500. The van der Waals surface area contributed by atoms with Crippen molar-refractivity contribution in [3.05, 3.63) is 69.7 Å². The number of hydrogen-bond acceptors (Lipinski definition) is 1. The Balaban J connectivity index is 1.75. The van der Waals surface area contributed by atoms with Crippen molar-refractivity contribution in [1.82, 2.24) is 4.90 Å². The van der Waals surface area contributed by atoms with Crippen LogP contribution in [0.15, 0.2) is 48.5 Å². The zero-order valence-corrected chi connectivity index (χ0v) is 17.8. The SMILES string of the molecule is CC1C[C@H](c2cccc(Cl)c2)[C@@H](c2ccc(Cl)cc2)N(C2CC[C@@H](C)C2)C1. The molecule has 2 aromatic rings. The summed E-state index contributed by atoms with van der Waals surface area (Å²) in [5, 5.41) is 1.64. The fourth-order valence-corrected chi connectivity index (χ4v) is 5.66. The normalized spacial score (nSPS) is 31.9. The standard InChI is InChI=1S/C24H29Cl2N/c1-16-6-11-22(12-16)27-15-17(2)13-23(19-4-3-5-21(26)14-19)24(27)18-7-9-20(25)10-8-18/h3-5,7-10,14,16-17,22-24H,6,11-13,15H2,1-2H3/t16-,17?,22?,23-,24-/m1/s1. The highest BCUT2D eigenvalue weighted by Crippen LogP contribution is 2.48. The van der Waals surface area contributed by atoms with Crippen molar-refractivity contribution in [2.45, 2.75) is 57.5 Å². The summed E-state index contributed by atoms with van der Waals surface area (Å²) in [5.74, 6) is 1.99. The average molecular weight is 402 g/mol. The second kappa shape index (κ2) is 8.15. The second-order valence-electron chi connectivity index (χ2n) is 8.77. The molecule has 2 aliphatic rings. The van der Waals surface area contributed by atoms with Gasteiger partial charge < -0.3 is 0 Å². The largest absolute Gasteiger partial charge is 0.293 e. The molecule has 1 nitrogen and oxygen atoms in total. The minimum atomic E-state index is 0.396. The van der Waals surface area contributed by atoms with Crippen LogP contribution in [0.4, 0.5) is 0 Å². The van der Waals surface area contributed by atoms with Gasteiger partial charge in [0.25, 0.3) is 0 Å². The first-order valence-electron chi connectivity index (χ1n) is 10.3. The van der Waals surface area contributed by atoms with Crippen LogP contribution in [0.1, 0.15) is 62.6 Å². The van der Waals surface area contributed by atoms with Crippen molar-refractivity contribution in [1.29, 1.82) is 0 Å². The van der Waals surface area contributed by atoms with Crippen LogP contribution < -0.4 is 0 Å². The van der Waals surface area contributed by atoms with Crippen LogP contribution in [0, 0.1) is 11.8 Å². The zero-order valence-electron chi connectivity index (χ0n) is 16.2. The molecule has 0 aromatic heterocycles. The molecular formula is C24H29Cl2N. The predicted octanol–water partition coefficient (Wildman–Crippen LogP) is 7.35. The molecule has 0 bridgehead atoms. The van der Waals surface area contributed by atoms with Gasteiger partial charge in [0.05, 0.1) is 0 Å². The van der Waals surface area contributed by atoms with Gasteiger partial charge in [-0.15, -0.1) is 0 Å². The lowest BCUT2D eigenvalue weighted by molar-refractivity contribution is 0.0503. The molecule has 2 aromatic carbocycles. The van der Waals surface area contributed by atoms with Crippen LogP contribution in [0.3, 0.4) is 0 Å². The molecule has 0 radical (unpaired) electrons. The third-order valence-corrected chi connectivity index (χ3v) is 7.03. The molecule has 144 valence electrons. The Morgan fingerprint density at radius 2 is 1.59 bits per heavy atom. The zero-order chi connectivity index (χ0) is 19.0. The van der Waals surface area contributed by atoms with Crippen LogP contribution in [-0.2, 0) is 0 Å². The molecule has 0 amide bonds. The quantitative estimate of drug-likeness (QED) is 0.519. The molecule has 5 atom stereocenters. The molecule has 3 heteroatoms. The van der Waals surface area contributed by atoms with Gasteiger partial charge >= 0.3 is 0 Å². The fourth-order valence-electron chi connectivity index (χ4n) is 5.34. The van der Waals surface area contributed by atoms with Gasteiger partial charge in [-0.3, -0.25) is 4.90 Å². The van der Waals surface area contributed by atoms with Gasteiger partial charge in [-0.2, -0.15) is 0 Å². The first kappa shape index (κ1) is 19.3. The van der Waals surface area contributed by atoms with E-state index in [1.54, 1.807) is 0 Å². The highest BCUT2D eigenvalue weighted by molar-refractivity contribution is 6.30. The summed E-state index contributed by atoms with van der Waals surface area (Å²) in [5.41, 5.74) is 2.75. The predicted molar refractivity (Wildman–Crippen MR) is 116 cm³/mol. The van der Waals surface area contributed by atoms with E-state index in [-0.39, 0.29) is 0 Å². The topological polar surface area (TPSA) is 3.24 Å². The average Bonchev–Trinajstić information content (AvgIpc) is 3.08. The van der Waals surface area contributed by atoms with E-state index in [1.807, 2.05) is 18.2 Å². The molecule has 27 heavy (non-hydrogen) atoms. The summed E-state index contributed by atoms with van der Waals surface area (Å²) in [4.78, 5) is 2.81. The van der Waals surface area contributed by atoms with E-state index in [0.717, 1.165) is 16.0 Å². The van der Waals surface area contributed by atoms with E-state index >= 15 is 0 Å². The minimum absolute atomic E-state index is 0.396. The molecular weight excluding hydrogens is 373 g/mol. The number of rotatable bonds is 3. The Labute approximate surface area is 173 Å². The molecule has 1 saturated heterocycles. The molecule has 0 N–H and O–H groups in total. The molecule has 2 unspecified atom stereocenters. The van der Waals surface area contributed by atoms with E-state index in [4.69, 9.17) is 23.2 Å². The van der Waals surface area contributed by atoms with Gasteiger partial charge in [0, 0.05) is 34.6 Å². The summed E-state index contributed by atoms with van der Waals surface area (Å²) < 4.78 is 0. The maximum absolute atomic E-state index is 6.37. The van der Waals surface area contributed by atoms with Crippen molar-refractivity contribution in [2.24, 2.45) is 11.8 Å². The van der Waals surface area contributed by atoms with Gasteiger partial charge in [0.1, 0.15) is 0 Å². The Kier molecular flexibility index (Phi) is 5.83. The van der Waals surface area contributed by atoms with Gasteiger partial charge in [-0.05, 0) is 72.9 Å². The highest BCUT2D eigenvalue weighted by atomic mass is 35.5. The van der Waals surface area contributed by atoms with E-state index in [9.17, 15) is 0 Å². The number of piperidine rings is 1. The van der Waals surface area contributed by atoms with Crippen LogP contribution in [-0.4, -0.2) is 17.5 Å².